The summed E-state index contributed by atoms with van der Waals surface area (Å²) >= 11 is 0. The van der Waals surface area contributed by atoms with Crippen LogP contribution in [0, 0.1) is 0 Å². The summed E-state index contributed by atoms with van der Waals surface area (Å²) in [6.45, 7) is 0.988. The van der Waals surface area contributed by atoms with Crippen molar-refractivity contribution < 1.29 is 18.0 Å². The Morgan fingerprint density at radius 2 is 2.24 bits per heavy atom. The van der Waals surface area contributed by atoms with Gasteiger partial charge in [0.25, 0.3) is 5.91 Å². The highest BCUT2D eigenvalue weighted by molar-refractivity contribution is 5.93. The first-order chi connectivity index (χ1) is 10.0. The SMILES string of the molecule is CCNC(=O)c1ccc2c(n1)NC1CCN2C1.FC(F)F. The number of hydrogen-bond acceptors (Lipinski definition) is 4. The van der Waals surface area contributed by atoms with E-state index < -0.39 is 6.68 Å². The summed E-state index contributed by atoms with van der Waals surface area (Å²) in [6.07, 6.45) is 1.15. The number of nitrogens with zero attached hydrogens (tertiary/aromatic N) is 2. The average Bonchev–Trinajstić information content (AvgIpc) is 2.80. The molecular formula is C13H17F3N4O. The van der Waals surface area contributed by atoms with Crippen LogP contribution in [0.5, 0.6) is 0 Å². The Morgan fingerprint density at radius 3 is 2.90 bits per heavy atom. The lowest BCUT2D eigenvalue weighted by atomic mass is 10.2. The standard InChI is InChI=1S/C12H16N4O.CHF3/c1-2-13-12(17)9-3-4-10-11(15-9)14-8-5-6-16(10)7-8;2-1(3)4/h3-4,8H,2,5-7H2,1H3,(H,13,17)(H,14,15);1H. The molecule has 0 aromatic carbocycles. The fourth-order valence-corrected chi connectivity index (χ4v) is 2.48. The van der Waals surface area contributed by atoms with Gasteiger partial charge in [0, 0.05) is 25.7 Å². The highest BCUT2D eigenvalue weighted by Gasteiger charge is 2.30. The summed E-state index contributed by atoms with van der Waals surface area (Å²) in [5.41, 5.74) is 1.60. The molecule has 0 radical (unpaired) electrons. The maximum absolute atomic E-state index is 11.7. The molecule has 1 aromatic rings. The molecular weight excluding hydrogens is 285 g/mol. The van der Waals surface area contributed by atoms with Crippen molar-refractivity contribution in [2.24, 2.45) is 0 Å². The van der Waals surface area contributed by atoms with E-state index in [-0.39, 0.29) is 5.91 Å². The van der Waals surface area contributed by atoms with Gasteiger partial charge in [-0.2, -0.15) is 13.2 Å². The number of carbonyl (C=O) groups excluding carboxylic acids is 1. The van der Waals surface area contributed by atoms with E-state index in [1.165, 1.54) is 0 Å². The predicted molar refractivity (Wildman–Crippen MR) is 73.6 cm³/mol. The molecule has 1 saturated heterocycles. The number of carbonyl (C=O) groups is 1. The Bertz CT molecular complexity index is 509. The van der Waals surface area contributed by atoms with Crippen LogP contribution in [0.2, 0.25) is 0 Å². The molecule has 8 heteroatoms. The quantitative estimate of drug-likeness (QED) is 0.877. The molecule has 3 rings (SSSR count). The van der Waals surface area contributed by atoms with Crippen molar-refractivity contribution in [3.8, 4) is 0 Å². The maximum atomic E-state index is 11.7. The summed E-state index contributed by atoms with van der Waals surface area (Å²) < 4.78 is 29.0. The van der Waals surface area contributed by atoms with E-state index >= 15 is 0 Å². The Kier molecular flexibility index (Phi) is 4.87. The first kappa shape index (κ1) is 15.4. The number of halogens is 3. The smallest absolute Gasteiger partial charge is 0.366 e. The number of rotatable bonds is 2. The molecule has 2 aliphatic heterocycles. The lowest BCUT2D eigenvalue weighted by molar-refractivity contribution is 0.00818. The van der Waals surface area contributed by atoms with Crippen LogP contribution in [0.3, 0.4) is 0 Å². The van der Waals surface area contributed by atoms with Crippen LogP contribution in [-0.4, -0.2) is 43.2 Å². The molecule has 1 atom stereocenters. The molecule has 1 fully saturated rings. The van der Waals surface area contributed by atoms with Crippen LogP contribution in [0.4, 0.5) is 24.7 Å². The molecule has 0 saturated carbocycles. The fraction of sp³-hybridized carbons (Fsp3) is 0.538. The summed E-state index contributed by atoms with van der Waals surface area (Å²) in [4.78, 5) is 18.4. The topological polar surface area (TPSA) is 57.3 Å². The highest BCUT2D eigenvalue weighted by atomic mass is 19.4. The van der Waals surface area contributed by atoms with Gasteiger partial charge in [0.1, 0.15) is 5.69 Å². The third-order valence-electron chi connectivity index (χ3n) is 3.31. The van der Waals surface area contributed by atoms with Crippen molar-refractivity contribution in [1.82, 2.24) is 10.3 Å². The summed E-state index contributed by atoms with van der Waals surface area (Å²) in [5.74, 6) is 0.743. The molecule has 1 unspecified atom stereocenters. The van der Waals surface area contributed by atoms with E-state index in [9.17, 15) is 18.0 Å². The van der Waals surface area contributed by atoms with Gasteiger partial charge < -0.3 is 15.5 Å². The second kappa shape index (κ2) is 6.64. The minimum Gasteiger partial charge on any atom is -0.366 e. The largest absolute Gasteiger partial charge is 0.379 e. The Hall–Kier alpha value is -1.99. The van der Waals surface area contributed by atoms with E-state index in [0.29, 0.717) is 18.3 Å². The van der Waals surface area contributed by atoms with Gasteiger partial charge in [0.05, 0.1) is 5.69 Å². The number of amides is 1. The van der Waals surface area contributed by atoms with Gasteiger partial charge in [0.2, 0.25) is 0 Å². The van der Waals surface area contributed by atoms with Crippen molar-refractivity contribution >= 4 is 17.4 Å². The third-order valence-corrected chi connectivity index (χ3v) is 3.31. The average molecular weight is 302 g/mol. The van der Waals surface area contributed by atoms with Crippen molar-refractivity contribution in [3.05, 3.63) is 17.8 Å². The van der Waals surface area contributed by atoms with Crippen LogP contribution in [-0.2, 0) is 0 Å². The predicted octanol–water partition coefficient (Wildman–Crippen LogP) is 2.01. The zero-order valence-corrected chi connectivity index (χ0v) is 11.6. The van der Waals surface area contributed by atoms with Crippen LogP contribution < -0.4 is 15.5 Å². The minimum absolute atomic E-state index is 0.106. The molecule has 2 aliphatic rings. The fourth-order valence-electron chi connectivity index (χ4n) is 2.48. The number of pyridine rings is 1. The van der Waals surface area contributed by atoms with Crippen LogP contribution in [0.1, 0.15) is 23.8 Å². The van der Waals surface area contributed by atoms with E-state index in [1.54, 1.807) is 6.07 Å². The van der Waals surface area contributed by atoms with Gasteiger partial charge in [-0.25, -0.2) is 4.98 Å². The second-order valence-corrected chi connectivity index (χ2v) is 4.75. The molecule has 0 spiro atoms. The lowest BCUT2D eigenvalue weighted by Gasteiger charge is -2.27. The van der Waals surface area contributed by atoms with Gasteiger partial charge in [-0.05, 0) is 25.5 Å². The summed E-state index contributed by atoms with van der Waals surface area (Å²) in [5, 5.41) is 6.16. The van der Waals surface area contributed by atoms with E-state index in [2.05, 4.69) is 20.5 Å². The van der Waals surface area contributed by atoms with E-state index in [0.717, 1.165) is 31.0 Å². The molecule has 1 aromatic heterocycles. The summed E-state index contributed by atoms with van der Waals surface area (Å²) in [6, 6.07) is 4.27. The van der Waals surface area contributed by atoms with Crippen LogP contribution >= 0.6 is 0 Å². The normalized spacial score (nSPS) is 18.5. The van der Waals surface area contributed by atoms with Gasteiger partial charge in [0.15, 0.2) is 5.82 Å². The van der Waals surface area contributed by atoms with Crippen molar-refractivity contribution in [3.63, 3.8) is 0 Å². The van der Waals surface area contributed by atoms with E-state index in [4.69, 9.17) is 0 Å². The minimum atomic E-state index is -3.67. The van der Waals surface area contributed by atoms with Crippen molar-refractivity contribution in [1.29, 1.82) is 0 Å². The number of alkyl halides is 3. The zero-order valence-electron chi connectivity index (χ0n) is 11.6. The molecule has 5 nitrogen and oxygen atoms in total. The molecule has 21 heavy (non-hydrogen) atoms. The second-order valence-electron chi connectivity index (χ2n) is 4.75. The molecule has 1 amide bonds. The molecule has 116 valence electrons. The van der Waals surface area contributed by atoms with Gasteiger partial charge in [-0.3, -0.25) is 4.79 Å². The first-order valence-electron chi connectivity index (χ1n) is 6.74. The molecule has 2 bridgehead atoms. The first-order valence-corrected chi connectivity index (χ1v) is 6.74. The van der Waals surface area contributed by atoms with Crippen molar-refractivity contribution in [2.45, 2.75) is 26.1 Å². The van der Waals surface area contributed by atoms with Crippen LogP contribution in [0.25, 0.3) is 0 Å². The number of anilines is 2. The molecule has 2 N–H and O–H groups in total. The number of fused-ring (bicyclic) bond motifs is 4. The monoisotopic (exact) mass is 302 g/mol. The third kappa shape index (κ3) is 3.77. The lowest BCUT2D eigenvalue weighted by Crippen LogP contribution is -2.33. The molecule has 0 aliphatic carbocycles. The number of hydrogen-bond donors (Lipinski definition) is 2. The van der Waals surface area contributed by atoms with Gasteiger partial charge in [-0.15, -0.1) is 0 Å². The van der Waals surface area contributed by atoms with Gasteiger partial charge in [-0.1, -0.05) is 0 Å². The highest BCUT2D eigenvalue weighted by Crippen LogP contribution is 2.33. The number of nitrogens with one attached hydrogen (secondary N) is 2. The summed E-state index contributed by atoms with van der Waals surface area (Å²) in [7, 11) is 0. The Balaban J connectivity index is 0.000000361. The Labute approximate surface area is 120 Å². The zero-order chi connectivity index (χ0) is 15.4. The maximum Gasteiger partial charge on any atom is 0.379 e. The van der Waals surface area contributed by atoms with Gasteiger partial charge >= 0.3 is 6.68 Å². The van der Waals surface area contributed by atoms with Crippen LogP contribution in [0.15, 0.2) is 12.1 Å². The molecule has 3 heterocycles. The Morgan fingerprint density at radius 1 is 1.52 bits per heavy atom. The van der Waals surface area contributed by atoms with E-state index in [1.807, 2.05) is 13.0 Å². The van der Waals surface area contributed by atoms with Crippen molar-refractivity contribution in [2.75, 3.05) is 29.9 Å². The number of aromatic nitrogens is 1.